The average Bonchev–Trinajstić information content (AvgIpc) is 3.28. The first-order valence-corrected chi connectivity index (χ1v) is 10.2. The number of nitrogens with zero attached hydrogens (tertiary/aromatic N) is 3. The monoisotopic (exact) mass is 402 g/mol. The summed E-state index contributed by atoms with van der Waals surface area (Å²) >= 11 is 0. The molecular weight excluding hydrogens is 376 g/mol. The van der Waals surface area contributed by atoms with Gasteiger partial charge >= 0.3 is 0 Å². The average molecular weight is 402 g/mol. The summed E-state index contributed by atoms with van der Waals surface area (Å²) in [4.78, 5) is 24.2. The Morgan fingerprint density at radius 2 is 2.03 bits per heavy atom. The number of rotatable bonds is 6. The number of anilines is 1. The van der Waals surface area contributed by atoms with Crippen LogP contribution >= 0.6 is 0 Å². The van der Waals surface area contributed by atoms with E-state index >= 15 is 0 Å². The van der Waals surface area contributed by atoms with Crippen molar-refractivity contribution in [3.05, 3.63) is 83.4 Å². The number of hydrogen-bond donors (Lipinski definition) is 1. The third-order valence-corrected chi connectivity index (χ3v) is 5.50. The zero-order valence-electron chi connectivity index (χ0n) is 17.3. The fourth-order valence-electron chi connectivity index (χ4n) is 3.81. The van der Waals surface area contributed by atoms with Gasteiger partial charge in [0, 0.05) is 37.4 Å². The maximum Gasteiger partial charge on any atom is 0.254 e. The van der Waals surface area contributed by atoms with Crippen molar-refractivity contribution in [1.82, 2.24) is 15.3 Å². The quantitative estimate of drug-likeness (QED) is 0.681. The lowest BCUT2D eigenvalue weighted by Gasteiger charge is -2.18. The Bertz CT molecular complexity index is 1020. The minimum absolute atomic E-state index is 0.167. The van der Waals surface area contributed by atoms with Gasteiger partial charge in [-0.1, -0.05) is 30.3 Å². The SMILES string of the molecule is COc1cccc(CNC(=O)c2cnc(C3CCN(c4ccccc4)C3)nc2C)c1. The second kappa shape index (κ2) is 8.95. The van der Waals surface area contributed by atoms with E-state index in [9.17, 15) is 4.79 Å². The fraction of sp³-hybridized carbons (Fsp3) is 0.292. The predicted octanol–water partition coefficient (Wildman–Crippen LogP) is 3.72. The first-order valence-electron chi connectivity index (χ1n) is 10.2. The molecule has 1 aromatic heterocycles. The molecule has 154 valence electrons. The Morgan fingerprint density at radius 3 is 2.80 bits per heavy atom. The van der Waals surface area contributed by atoms with Crippen molar-refractivity contribution < 1.29 is 9.53 Å². The van der Waals surface area contributed by atoms with Gasteiger partial charge in [0.1, 0.15) is 11.6 Å². The summed E-state index contributed by atoms with van der Waals surface area (Å²) in [6, 6.07) is 18.0. The third-order valence-electron chi connectivity index (χ3n) is 5.50. The molecule has 1 unspecified atom stereocenters. The van der Waals surface area contributed by atoms with Crippen LogP contribution in [0.15, 0.2) is 60.8 Å². The summed E-state index contributed by atoms with van der Waals surface area (Å²) in [5, 5.41) is 2.94. The van der Waals surface area contributed by atoms with E-state index < -0.39 is 0 Å². The zero-order valence-corrected chi connectivity index (χ0v) is 17.3. The van der Waals surface area contributed by atoms with Gasteiger partial charge in [0.15, 0.2) is 0 Å². The van der Waals surface area contributed by atoms with Crippen molar-refractivity contribution in [3.63, 3.8) is 0 Å². The number of aryl methyl sites for hydroxylation is 1. The molecule has 0 radical (unpaired) electrons. The molecule has 2 heterocycles. The molecule has 1 aliphatic heterocycles. The molecule has 0 spiro atoms. The van der Waals surface area contributed by atoms with Gasteiger partial charge in [0.25, 0.3) is 5.91 Å². The zero-order chi connectivity index (χ0) is 20.9. The van der Waals surface area contributed by atoms with Gasteiger partial charge in [-0.2, -0.15) is 0 Å². The van der Waals surface area contributed by atoms with Crippen molar-refractivity contribution in [3.8, 4) is 5.75 Å². The molecule has 0 bridgehead atoms. The second-order valence-corrected chi connectivity index (χ2v) is 7.53. The highest BCUT2D eigenvalue weighted by Crippen LogP contribution is 2.29. The van der Waals surface area contributed by atoms with E-state index in [1.54, 1.807) is 13.3 Å². The van der Waals surface area contributed by atoms with Gasteiger partial charge in [0.05, 0.1) is 18.4 Å². The van der Waals surface area contributed by atoms with E-state index in [1.807, 2.05) is 37.3 Å². The maximum atomic E-state index is 12.6. The summed E-state index contributed by atoms with van der Waals surface area (Å²) in [6.45, 7) is 4.17. The van der Waals surface area contributed by atoms with Crippen LogP contribution in [0, 0.1) is 6.92 Å². The molecule has 0 aliphatic carbocycles. The Kier molecular flexibility index (Phi) is 5.93. The van der Waals surface area contributed by atoms with E-state index in [2.05, 4.69) is 44.5 Å². The number of nitrogens with one attached hydrogen (secondary N) is 1. The lowest BCUT2D eigenvalue weighted by atomic mass is 10.1. The van der Waals surface area contributed by atoms with Crippen LogP contribution in [0.25, 0.3) is 0 Å². The number of amides is 1. The Balaban J connectivity index is 1.40. The van der Waals surface area contributed by atoms with Gasteiger partial charge in [-0.3, -0.25) is 4.79 Å². The van der Waals surface area contributed by atoms with E-state index in [4.69, 9.17) is 4.74 Å². The number of carbonyl (C=O) groups excluding carboxylic acids is 1. The molecule has 1 saturated heterocycles. The number of hydrogen-bond acceptors (Lipinski definition) is 5. The highest BCUT2D eigenvalue weighted by molar-refractivity contribution is 5.94. The Labute approximate surface area is 176 Å². The van der Waals surface area contributed by atoms with Crippen LogP contribution in [0.5, 0.6) is 5.75 Å². The van der Waals surface area contributed by atoms with Crippen molar-refractivity contribution >= 4 is 11.6 Å². The lowest BCUT2D eigenvalue weighted by Crippen LogP contribution is -2.25. The number of methoxy groups -OCH3 is 1. The molecule has 1 amide bonds. The molecule has 1 fully saturated rings. The van der Waals surface area contributed by atoms with Gasteiger partial charge in [-0.05, 0) is 43.2 Å². The maximum absolute atomic E-state index is 12.6. The standard InChI is InChI=1S/C24H26N4O2/c1-17-22(24(29)26-14-18-7-6-10-21(13-18)30-2)15-25-23(27-17)19-11-12-28(16-19)20-8-4-3-5-9-20/h3-10,13,15,19H,11-12,14,16H2,1-2H3,(H,26,29). The summed E-state index contributed by atoms with van der Waals surface area (Å²) in [7, 11) is 1.63. The molecule has 2 aromatic carbocycles. The molecule has 1 aliphatic rings. The molecule has 30 heavy (non-hydrogen) atoms. The van der Waals surface area contributed by atoms with Crippen LogP contribution in [-0.2, 0) is 6.54 Å². The minimum Gasteiger partial charge on any atom is -0.497 e. The molecule has 6 nitrogen and oxygen atoms in total. The van der Waals surface area contributed by atoms with E-state index in [0.29, 0.717) is 17.8 Å². The van der Waals surface area contributed by atoms with Gasteiger partial charge in [-0.25, -0.2) is 9.97 Å². The van der Waals surface area contributed by atoms with Crippen molar-refractivity contribution in [2.75, 3.05) is 25.1 Å². The molecule has 0 saturated carbocycles. The van der Waals surface area contributed by atoms with Crippen LogP contribution in [0.1, 0.15) is 39.8 Å². The summed E-state index contributed by atoms with van der Waals surface area (Å²) in [6.07, 6.45) is 2.67. The molecular formula is C24H26N4O2. The van der Waals surface area contributed by atoms with Crippen molar-refractivity contribution in [2.24, 2.45) is 0 Å². The first-order chi connectivity index (χ1) is 14.6. The number of benzene rings is 2. The first kappa shape index (κ1) is 19.9. The number of ether oxygens (including phenoxy) is 1. The van der Waals surface area contributed by atoms with Crippen molar-refractivity contribution in [1.29, 1.82) is 0 Å². The summed E-state index contributed by atoms with van der Waals surface area (Å²) in [5.41, 5.74) is 3.43. The molecule has 1 atom stereocenters. The largest absolute Gasteiger partial charge is 0.497 e. The van der Waals surface area contributed by atoms with Crippen LogP contribution in [0.4, 0.5) is 5.69 Å². The van der Waals surface area contributed by atoms with Crippen LogP contribution in [0.2, 0.25) is 0 Å². The number of para-hydroxylation sites is 1. The summed E-state index contributed by atoms with van der Waals surface area (Å²) in [5.74, 6) is 1.69. The normalized spacial score (nSPS) is 15.8. The second-order valence-electron chi connectivity index (χ2n) is 7.53. The van der Waals surface area contributed by atoms with Gasteiger partial charge in [-0.15, -0.1) is 0 Å². The Morgan fingerprint density at radius 1 is 1.20 bits per heavy atom. The van der Waals surface area contributed by atoms with Crippen molar-refractivity contribution in [2.45, 2.75) is 25.8 Å². The van der Waals surface area contributed by atoms with Gasteiger partial charge < -0.3 is 15.0 Å². The molecule has 1 N–H and O–H groups in total. The summed E-state index contributed by atoms with van der Waals surface area (Å²) < 4.78 is 5.23. The van der Waals surface area contributed by atoms with E-state index in [-0.39, 0.29) is 11.8 Å². The highest BCUT2D eigenvalue weighted by Gasteiger charge is 2.27. The molecule has 6 heteroatoms. The topological polar surface area (TPSA) is 67.3 Å². The third kappa shape index (κ3) is 4.43. The van der Waals surface area contributed by atoms with Crippen LogP contribution < -0.4 is 15.0 Å². The molecule has 4 rings (SSSR count). The minimum atomic E-state index is -0.167. The lowest BCUT2D eigenvalue weighted by molar-refractivity contribution is 0.0949. The number of carbonyl (C=O) groups is 1. The smallest absolute Gasteiger partial charge is 0.254 e. The van der Waals surface area contributed by atoms with E-state index in [1.165, 1.54) is 5.69 Å². The fourth-order valence-corrected chi connectivity index (χ4v) is 3.81. The Hall–Kier alpha value is -3.41. The molecule has 3 aromatic rings. The van der Waals surface area contributed by atoms with Crippen LogP contribution in [-0.4, -0.2) is 36.1 Å². The van der Waals surface area contributed by atoms with Crippen LogP contribution in [0.3, 0.4) is 0 Å². The highest BCUT2D eigenvalue weighted by atomic mass is 16.5. The van der Waals surface area contributed by atoms with E-state index in [0.717, 1.165) is 36.6 Å². The predicted molar refractivity (Wildman–Crippen MR) is 117 cm³/mol. The number of aromatic nitrogens is 2. The van der Waals surface area contributed by atoms with Gasteiger partial charge in [0.2, 0.25) is 0 Å².